The van der Waals surface area contributed by atoms with E-state index in [0.717, 1.165) is 18.1 Å². The molecule has 1 nitrogen and oxygen atoms in total. The Morgan fingerprint density at radius 2 is 2.06 bits per heavy atom. The molecule has 1 aromatic rings. The minimum Gasteiger partial charge on any atom is -0.313 e. The van der Waals surface area contributed by atoms with Crippen LogP contribution in [0, 0.1) is 6.92 Å². The molecule has 0 aliphatic heterocycles. The quantitative estimate of drug-likeness (QED) is 0.709. The lowest BCUT2D eigenvalue weighted by Gasteiger charge is -2.08. The molecule has 1 N–H and O–H groups in total. The highest BCUT2D eigenvalue weighted by Gasteiger charge is 1.98. The molecule has 0 heterocycles. The standard InChI is InChI=1S/C14H22ClNS/c1-12-10-14(15)7-6-13(12)11-16-8-4-3-5-9-17-2/h6-7,10,16H,3-5,8-9,11H2,1-2H3. The summed E-state index contributed by atoms with van der Waals surface area (Å²) in [4.78, 5) is 0. The predicted octanol–water partition coefficient (Wildman–Crippen LogP) is 4.27. The van der Waals surface area contributed by atoms with Gasteiger partial charge in [0, 0.05) is 11.6 Å². The van der Waals surface area contributed by atoms with Gasteiger partial charge < -0.3 is 5.32 Å². The van der Waals surface area contributed by atoms with Gasteiger partial charge in [0.15, 0.2) is 0 Å². The summed E-state index contributed by atoms with van der Waals surface area (Å²) in [6.07, 6.45) is 6.10. The molecule has 3 heteroatoms. The van der Waals surface area contributed by atoms with Gasteiger partial charge >= 0.3 is 0 Å². The van der Waals surface area contributed by atoms with Gasteiger partial charge in [-0.3, -0.25) is 0 Å². The van der Waals surface area contributed by atoms with Crippen molar-refractivity contribution in [1.82, 2.24) is 5.32 Å². The molecule has 0 aliphatic rings. The fraction of sp³-hybridized carbons (Fsp3) is 0.571. The Bertz CT molecular complexity index is 328. The van der Waals surface area contributed by atoms with Crippen LogP contribution in [0.25, 0.3) is 0 Å². The van der Waals surface area contributed by atoms with Crippen molar-refractivity contribution in [3.8, 4) is 0 Å². The molecule has 1 aromatic carbocycles. The summed E-state index contributed by atoms with van der Waals surface area (Å²) in [5, 5.41) is 4.31. The molecule has 96 valence electrons. The second-order valence-electron chi connectivity index (χ2n) is 4.30. The SMILES string of the molecule is CSCCCCCNCc1ccc(Cl)cc1C. The Kier molecular flexibility index (Phi) is 7.74. The molecular formula is C14H22ClNS. The number of nitrogens with one attached hydrogen (secondary N) is 1. The summed E-state index contributed by atoms with van der Waals surface area (Å²) in [7, 11) is 0. The third-order valence-corrected chi connectivity index (χ3v) is 3.75. The van der Waals surface area contributed by atoms with E-state index < -0.39 is 0 Å². The maximum atomic E-state index is 5.93. The van der Waals surface area contributed by atoms with Crippen molar-refractivity contribution in [2.24, 2.45) is 0 Å². The topological polar surface area (TPSA) is 12.0 Å². The average molecular weight is 272 g/mol. The van der Waals surface area contributed by atoms with E-state index in [-0.39, 0.29) is 0 Å². The zero-order valence-electron chi connectivity index (χ0n) is 10.8. The molecule has 1 rings (SSSR count). The fourth-order valence-electron chi connectivity index (χ4n) is 1.75. The van der Waals surface area contributed by atoms with Crippen LogP contribution in [0.2, 0.25) is 5.02 Å². The molecule has 17 heavy (non-hydrogen) atoms. The van der Waals surface area contributed by atoms with Crippen molar-refractivity contribution >= 4 is 23.4 Å². The first-order valence-corrected chi connectivity index (χ1v) is 7.96. The first-order chi connectivity index (χ1) is 8.24. The molecule has 0 unspecified atom stereocenters. The van der Waals surface area contributed by atoms with E-state index in [1.807, 2.05) is 23.9 Å². The maximum Gasteiger partial charge on any atom is 0.0408 e. The van der Waals surface area contributed by atoms with Gasteiger partial charge in [-0.25, -0.2) is 0 Å². The summed E-state index contributed by atoms with van der Waals surface area (Å²) >= 11 is 7.86. The molecule has 0 atom stereocenters. The van der Waals surface area contributed by atoms with E-state index in [4.69, 9.17) is 11.6 Å². The van der Waals surface area contributed by atoms with Crippen LogP contribution in [0.15, 0.2) is 18.2 Å². The van der Waals surface area contributed by atoms with Gasteiger partial charge in [0.25, 0.3) is 0 Å². The lowest BCUT2D eigenvalue weighted by Crippen LogP contribution is -2.15. The van der Waals surface area contributed by atoms with Gasteiger partial charge in [0.1, 0.15) is 0 Å². The highest BCUT2D eigenvalue weighted by molar-refractivity contribution is 7.98. The van der Waals surface area contributed by atoms with E-state index >= 15 is 0 Å². The lowest BCUT2D eigenvalue weighted by molar-refractivity contribution is 0.617. The second-order valence-corrected chi connectivity index (χ2v) is 5.72. The van der Waals surface area contributed by atoms with Gasteiger partial charge in [-0.1, -0.05) is 24.1 Å². The Hall–Kier alpha value is -0.180. The molecule has 0 amide bonds. The van der Waals surface area contributed by atoms with Gasteiger partial charge in [-0.2, -0.15) is 11.8 Å². The first kappa shape index (κ1) is 14.9. The Morgan fingerprint density at radius 3 is 2.76 bits per heavy atom. The van der Waals surface area contributed by atoms with Gasteiger partial charge in [0.05, 0.1) is 0 Å². The Labute approximate surface area is 114 Å². The number of aryl methyl sites for hydroxylation is 1. The van der Waals surface area contributed by atoms with Crippen molar-refractivity contribution in [3.63, 3.8) is 0 Å². The third-order valence-electron chi connectivity index (χ3n) is 2.82. The van der Waals surface area contributed by atoms with Crippen molar-refractivity contribution in [2.45, 2.75) is 32.7 Å². The lowest BCUT2D eigenvalue weighted by atomic mass is 10.1. The van der Waals surface area contributed by atoms with Crippen molar-refractivity contribution in [2.75, 3.05) is 18.6 Å². The summed E-state index contributed by atoms with van der Waals surface area (Å²) in [6, 6.07) is 6.10. The highest BCUT2D eigenvalue weighted by Crippen LogP contribution is 2.14. The molecule has 0 aliphatic carbocycles. The maximum absolute atomic E-state index is 5.93. The predicted molar refractivity (Wildman–Crippen MR) is 80.1 cm³/mol. The number of rotatable bonds is 8. The van der Waals surface area contributed by atoms with Crippen LogP contribution >= 0.6 is 23.4 Å². The molecule has 0 saturated carbocycles. The van der Waals surface area contributed by atoms with E-state index in [0.29, 0.717) is 0 Å². The van der Waals surface area contributed by atoms with Gasteiger partial charge in [-0.05, 0) is 61.6 Å². The summed E-state index contributed by atoms with van der Waals surface area (Å²) < 4.78 is 0. The molecule has 0 bridgehead atoms. The van der Waals surface area contributed by atoms with Crippen molar-refractivity contribution in [1.29, 1.82) is 0 Å². The van der Waals surface area contributed by atoms with Crippen LogP contribution in [0.1, 0.15) is 30.4 Å². The number of hydrogen-bond acceptors (Lipinski definition) is 2. The average Bonchev–Trinajstić information content (AvgIpc) is 2.30. The van der Waals surface area contributed by atoms with Crippen molar-refractivity contribution in [3.05, 3.63) is 34.3 Å². The van der Waals surface area contributed by atoms with Crippen LogP contribution in [-0.4, -0.2) is 18.6 Å². The van der Waals surface area contributed by atoms with Crippen LogP contribution in [0.4, 0.5) is 0 Å². The zero-order chi connectivity index (χ0) is 12.5. The van der Waals surface area contributed by atoms with Crippen LogP contribution in [-0.2, 0) is 6.54 Å². The number of thioether (sulfide) groups is 1. The van der Waals surface area contributed by atoms with Gasteiger partial charge in [0.2, 0.25) is 0 Å². The third kappa shape index (κ3) is 6.35. The van der Waals surface area contributed by atoms with Gasteiger partial charge in [-0.15, -0.1) is 0 Å². The molecule has 0 radical (unpaired) electrons. The zero-order valence-corrected chi connectivity index (χ0v) is 12.3. The minimum absolute atomic E-state index is 0.823. The summed E-state index contributed by atoms with van der Waals surface area (Å²) in [5.74, 6) is 1.29. The van der Waals surface area contributed by atoms with Crippen LogP contribution < -0.4 is 5.32 Å². The molecular weight excluding hydrogens is 250 g/mol. The number of hydrogen-bond donors (Lipinski definition) is 1. The summed E-state index contributed by atoms with van der Waals surface area (Å²) in [5.41, 5.74) is 2.62. The molecule has 0 spiro atoms. The second kappa shape index (κ2) is 8.84. The van der Waals surface area contributed by atoms with Crippen LogP contribution in [0.3, 0.4) is 0 Å². The summed E-state index contributed by atoms with van der Waals surface area (Å²) in [6.45, 7) is 4.17. The van der Waals surface area contributed by atoms with E-state index in [1.165, 1.54) is 36.1 Å². The van der Waals surface area contributed by atoms with E-state index in [1.54, 1.807) is 0 Å². The number of halogens is 1. The minimum atomic E-state index is 0.823. The molecule has 0 saturated heterocycles. The van der Waals surface area contributed by atoms with Crippen molar-refractivity contribution < 1.29 is 0 Å². The Morgan fingerprint density at radius 1 is 1.24 bits per heavy atom. The fourth-order valence-corrected chi connectivity index (χ4v) is 2.47. The molecule has 0 fully saturated rings. The monoisotopic (exact) mass is 271 g/mol. The number of unbranched alkanes of at least 4 members (excludes halogenated alkanes) is 2. The molecule has 0 aromatic heterocycles. The first-order valence-electron chi connectivity index (χ1n) is 6.18. The smallest absolute Gasteiger partial charge is 0.0408 e. The van der Waals surface area contributed by atoms with E-state index in [9.17, 15) is 0 Å². The number of benzene rings is 1. The van der Waals surface area contributed by atoms with E-state index in [2.05, 4.69) is 24.6 Å². The van der Waals surface area contributed by atoms with Crippen LogP contribution in [0.5, 0.6) is 0 Å². The largest absolute Gasteiger partial charge is 0.313 e. The normalized spacial score (nSPS) is 10.8. The highest BCUT2D eigenvalue weighted by atomic mass is 35.5. The Balaban J connectivity index is 2.14.